The Morgan fingerprint density at radius 2 is 2.59 bits per heavy atom. The molecule has 0 radical (unpaired) electrons. The van der Waals surface area contributed by atoms with Gasteiger partial charge in [-0.2, -0.15) is 0 Å². The van der Waals surface area contributed by atoms with Gasteiger partial charge in [0, 0.05) is 31.7 Å². The maximum atomic E-state index is 10.2. The van der Waals surface area contributed by atoms with Gasteiger partial charge in [0.2, 0.25) is 0 Å². The van der Waals surface area contributed by atoms with Gasteiger partial charge in [0.1, 0.15) is 0 Å². The fourth-order valence-corrected chi connectivity index (χ4v) is 1.87. The van der Waals surface area contributed by atoms with Crippen molar-refractivity contribution in [2.45, 2.75) is 11.6 Å². The summed E-state index contributed by atoms with van der Waals surface area (Å²) < 4.78 is 0. The average molecular weight is 257 g/mol. The molecule has 0 unspecified atom stereocenters. The van der Waals surface area contributed by atoms with E-state index in [9.17, 15) is 10.1 Å². The summed E-state index contributed by atoms with van der Waals surface area (Å²) in [5.41, 5.74) is 0. The molecule has 0 atom stereocenters. The molecule has 0 fully saturated rings. The van der Waals surface area contributed by atoms with Crippen molar-refractivity contribution in [3.8, 4) is 0 Å². The first-order chi connectivity index (χ1) is 8.22. The van der Waals surface area contributed by atoms with Gasteiger partial charge >= 0.3 is 0 Å². The van der Waals surface area contributed by atoms with E-state index in [1.165, 1.54) is 0 Å². The van der Waals surface area contributed by atoms with E-state index in [0.29, 0.717) is 12.4 Å². The summed E-state index contributed by atoms with van der Waals surface area (Å²) in [5.74, 6) is 1.31. The third-order valence-electron chi connectivity index (χ3n) is 1.85. The summed E-state index contributed by atoms with van der Waals surface area (Å²) in [4.78, 5) is 16.8. The van der Waals surface area contributed by atoms with E-state index in [-0.39, 0.29) is 0 Å². The first-order valence-electron chi connectivity index (χ1n) is 5.11. The number of aromatic nitrogens is 2. The molecule has 0 saturated carbocycles. The molecule has 0 aliphatic rings. The van der Waals surface area contributed by atoms with E-state index in [1.54, 1.807) is 31.2 Å². The first-order valence-corrected chi connectivity index (χ1v) is 6.10. The number of imidazole rings is 1. The predicted octanol–water partition coefficient (Wildman–Crippen LogP) is 0.776. The highest BCUT2D eigenvalue weighted by molar-refractivity contribution is 7.99. The van der Waals surface area contributed by atoms with E-state index in [2.05, 4.69) is 20.6 Å². The van der Waals surface area contributed by atoms with Crippen LogP contribution in [0.2, 0.25) is 0 Å². The molecule has 1 aromatic heterocycles. The minimum absolute atomic E-state index is 0.415. The van der Waals surface area contributed by atoms with Crippen LogP contribution in [-0.4, -0.2) is 34.2 Å². The van der Waals surface area contributed by atoms with Gasteiger partial charge in [-0.1, -0.05) is 11.8 Å². The summed E-state index contributed by atoms with van der Waals surface area (Å²) in [6, 6.07) is 0. The fraction of sp³-hybridized carbons (Fsp3) is 0.444. The van der Waals surface area contributed by atoms with Crippen molar-refractivity contribution in [3.63, 3.8) is 0 Å². The third kappa shape index (κ3) is 5.81. The van der Waals surface area contributed by atoms with Crippen molar-refractivity contribution in [3.05, 3.63) is 34.5 Å². The summed E-state index contributed by atoms with van der Waals surface area (Å²) in [5, 5.41) is 16.8. The monoisotopic (exact) mass is 257 g/mol. The lowest BCUT2D eigenvalue weighted by Crippen LogP contribution is -2.25. The molecule has 1 aromatic rings. The Kier molecular flexibility index (Phi) is 5.94. The van der Waals surface area contributed by atoms with Crippen LogP contribution >= 0.6 is 11.8 Å². The van der Waals surface area contributed by atoms with Crippen LogP contribution in [0, 0.1) is 10.1 Å². The molecule has 1 rings (SSSR count). The number of hydrogen-bond donors (Lipinski definition) is 3. The number of nitro groups is 1. The molecule has 0 aliphatic carbocycles. The fourth-order valence-electron chi connectivity index (χ4n) is 1.10. The third-order valence-corrected chi connectivity index (χ3v) is 2.84. The number of nitrogens with one attached hydrogen (secondary N) is 3. The molecule has 3 N–H and O–H groups in total. The van der Waals surface area contributed by atoms with E-state index >= 15 is 0 Å². The van der Waals surface area contributed by atoms with Gasteiger partial charge in [0.25, 0.3) is 6.20 Å². The molecule has 0 aliphatic heterocycles. The van der Waals surface area contributed by atoms with Crippen LogP contribution in [0.5, 0.6) is 0 Å². The van der Waals surface area contributed by atoms with Crippen LogP contribution in [0.25, 0.3) is 0 Å². The van der Waals surface area contributed by atoms with Gasteiger partial charge in [-0.25, -0.2) is 4.98 Å². The molecule has 0 aromatic carbocycles. The van der Waals surface area contributed by atoms with Gasteiger partial charge in [-0.05, 0) is 6.42 Å². The molecular weight excluding hydrogens is 242 g/mol. The summed E-state index contributed by atoms with van der Waals surface area (Å²) in [6.07, 6.45) is 5.29. The highest BCUT2D eigenvalue weighted by atomic mass is 32.2. The van der Waals surface area contributed by atoms with Gasteiger partial charge in [-0.3, -0.25) is 10.1 Å². The van der Waals surface area contributed by atoms with Crippen molar-refractivity contribution in [1.82, 2.24) is 20.6 Å². The number of nitrogens with zero attached hydrogens (tertiary/aromatic N) is 2. The standard InChI is InChI=1S/C9H15N5O2S/c1-10-8(7-14(15)16)11-3-2-6-17-9-12-4-5-13-9/h4-5,7,10-11H,2-3,6H2,1H3,(H,12,13)/b8-7-. The second-order valence-corrected chi connectivity index (χ2v) is 4.18. The smallest absolute Gasteiger partial charge is 0.274 e. The topological polar surface area (TPSA) is 95.9 Å². The Bertz CT molecular complexity index is 365. The zero-order chi connectivity index (χ0) is 12.5. The van der Waals surface area contributed by atoms with Crippen LogP contribution in [0.1, 0.15) is 6.42 Å². The molecule has 1 heterocycles. The van der Waals surface area contributed by atoms with Gasteiger partial charge in [-0.15, -0.1) is 0 Å². The van der Waals surface area contributed by atoms with E-state index in [4.69, 9.17) is 0 Å². The minimum atomic E-state index is -0.490. The van der Waals surface area contributed by atoms with E-state index in [0.717, 1.165) is 23.5 Å². The van der Waals surface area contributed by atoms with Crippen molar-refractivity contribution in [2.24, 2.45) is 0 Å². The number of aromatic amines is 1. The average Bonchev–Trinajstić information content (AvgIpc) is 2.79. The molecule has 0 spiro atoms. The molecule has 17 heavy (non-hydrogen) atoms. The van der Waals surface area contributed by atoms with Crippen LogP contribution < -0.4 is 10.6 Å². The zero-order valence-corrected chi connectivity index (χ0v) is 10.3. The lowest BCUT2D eigenvalue weighted by Gasteiger charge is -2.06. The number of hydrogen-bond acceptors (Lipinski definition) is 6. The maximum absolute atomic E-state index is 10.2. The maximum Gasteiger partial charge on any atom is 0.274 e. The van der Waals surface area contributed by atoms with Crippen molar-refractivity contribution in [1.29, 1.82) is 0 Å². The highest BCUT2D eigenvalue weighted by Gasteiger charge is 1.99. The Hall–Kier alpha value is -1.70. The summed E-state index contributed by atoms with van der Waals surface area (Å²) in [6.45, 7) is 0.675. The minimum Gasteiger partial charge on any atom is -0.370 e. The summed E-state index contributed by atoms with van der Waals surface area (Å²) in [7, 11) is 1.64. The summed E-state index contributed by atoms with van der Waals surface area (Å²) >= 11 is 1.62. The van der Waals surface area contributed by atoms with Crippen LogP contribution in [0.4, 0.5) is 0 Å². The molecule has 0 saturated heterocycles. The van der Waals surface area contributed by atoms with Gasteiger partial charge in [0.05, 0.1) is 4.92 Å². The van der Waals surface area contributed by atoms with E-state index < -0.39 is 4.92 Å². The molecule has 8 heteroatoms. The quantitative estimate of drug-likeness (QED) is 0.275. The lowest BCUT2D eigenvalue weighted by atomic mass is 10.5. The molecule has 0 amide bonds. The lowest BCUT2D eigenvalue weighted by molar-refractivity contribution is -0.404. The van der Waals surface area contributed by atoms with Crippen molar-refractivity contribution < 1.29 is 4.92 Å². The largest absolute Gasteiger partial charge is 0.370 e. The van der Waals surface area contributed by atoms with Gasteiger partial charge in [0.15, 0.2) is 11.0 Å². The van der Waals surface area contributed by atoms with E-state index in [1.807, 2.05) is 0 Å². The van der Waals surface area contributed by atoms with Crippen molar-refractivity contribution in [2.75, 3.05) is 19.3 Å². The van der Waals surface area contributed by atoms with Crippen molar-refractivity contribution >= 4 is 11.8 Å². The molecule has 7 nitrogen and oxygen atoms in total. The predicted molar refractivity (Wildman–Crippen MR) is 66.1 cm³/mol. The van der Waals surface area contributed by atoms with Crippen LogP contribution in [0.3, 0.4) is 0 Å². The Morgan fingerprint density at radius 1 is 1.76 bits per heavy atom. The zero-order valence-electron chi connectivity index (χ0n) is 9.47. The highest BCUT2D eigenvalue weighted by Crippen LogP contribution is 2.11. The van der Waals surface area contributed by atoms with Gasteiger partial charge < -0.3 is 15.6 Å². The molecule has 0 bridgehead atoms. The Balaban J connectivity index is 2.13. The number of H-pyrrole nitrogens is 1. The number of rotatable bonds is 8. The second kappa shape index (κ2) is 7.55. The Morgan fingerprint density at radius 3 is 3.18 bits per heavy atom. The molecular formula is C9H15N5O2S. The SMILES string of the molecule is CN/C(=C/[N+](=O)[O-])NCCCSc1ncc[nH]1. The van der Waals surface area contributed by atoms with Crippen LogP contribution in [-0.2, 0) is 0 Å². The van der Waals surface area contributed by atoms with Crippen LogP contribution in [0.15, 0.2) is 29.6 Å². The number of thioether (sulfide) groups is 1. The first kappa shape index (κ1) is 13.4. The second-order valence-electron chi connectivity index (χ2n) is 3.10. The molecule has 94 valence electrons. The normalized spacial score (nSPS) is 11.2. The Labute approximate surface area is 103 Å².